The second-order valence-corrected chi connectivity index (χ2v) is 20.9. The summed E-state index contributed by atoms with van der Waals surface area (Å²) in [5.74, 6) is 0. The van der Waals surface area contributed by atoms with Crippen molar-refractivity contribution in [1.29, 1.82) is 0 Å². The van der Waals surface area contributed by atoms with Gasteiger partial charge in [0.05, 0.1) is 27.7 Å². The number of para-hydroxylation sites is 2. The summed E-state index contributed by atoms with van der Waals surface area (Å²) < 4.78 is 2.65. The molecule has 0 radical (unpaired) electrons. The summed E-state index contributed by atoms with van der Waals surface area (Å²) >= 11 is 0. The van der Waals surface area contributed by atoms with Crippen LogP contribution in [0.3, 0.4) is 0 Å². The van der Waals surface area contributed by atoms with E-state index in [-0.39, 0.29) is 23.0 Å². The Morgan fingerprint density at radius 3 is 1.87 bits per heavy atom. The number of pyridine rings is 1. The minimum atomic E-state index is -0.502. The van der Waals surface area contributed by atoms with Crippen molar-refractivity contribution in [3.8, 4) is 11.1 Å². The molecule has 0 saturated heterocycles. The maximum absolute atomic E-state index is 5.76. The summed E-state index contributed by atoms with van der Waals surface area (Å²) in [5.41, 5.74) is 29.5. The van der Waals surface area contributed by atoms with Gasteiger partial charge in [-0.3, -0.25) is 4.40 Å². The van der Waals surface area contributed by atoms with E-state index in [2.05, 4.69) is 176 Å². The van der Waals surface area contributed by atoms with Crippen molar-refractivity contribution < 1.29 is 0 Å². The molecule has 294 valence electrons. The minimum Gasteiger partial charge on any atom is -0.310 e. The monoisotopic (exact) mass is 777 g/mol. The quantitative estimate of drug-likeness (QED) is 0.167. The lowest BCUT2D eigenvalue weighted by Crippen LogP contribution is -2.63. The van der Waals surface area contributed by atoms with E-state index in [9.17, 15) is 0 Å². The zero-order valence-electron chi connectivity index (χ0n) is 36.8. The second-order valence-electron chi connectivity index (χ2n) is 20.9. The van der Waals surface area contributed by atoms with Gasteiger partial charge >= 0.3 is 0 Å². The molecule has 0 fully saturated rings. The van der Waals surface area contributed by atoms with E-state index in [4.69, 9.17) is 4.98 Å². The Hall–Kier alpha value is -5.61. The summed E-state index contributed by atoms with van der Waals surface area (Å²) in [5, 5.41) is 1.36. The average molecular weight is 778 g/mol. The topological polar surface area (TPSA) is 20.5 Å². The lowest BCUT2D eigenvalue weighted by atomic mass is 9.31. The minimum absolute atomic E-state index is 0.0424. The molecule has 1 unspecified atom stereocenters. The molecular formula is C56H52BN3. The van der Waals surface area contributed by atoms with Crippen molar-refractivity contribution in [2.75, 3.05) is 4.90 Å². The molecular weight excluding hydrogens is 725 g/mol. The van der Waals surface area contributed by atoms with Crippen LogP contribution < -0.4 is 21.3 Å². The highest BCUT2D eigenvalue weighted by atomic mass is 15.2. The van der Waals surface area contributed by atoms with Gasteiger partial charge in [-0.15, -0.1) is 0 Å². The van der Waals surface area contributed by atoms with Gasteiger partial charge in [0.1, 0.15) is 5.65 Å². The maximum Gasteiger partial charge on any atom is 0.252 e. The first kappa shape index (κ1) is 35.2. The predicted molar refractivity (Wildman–Crippen MR) is 253 cm³/mol. The Morgan fingerprint density at radius 1 is 0.600 bits per heavy atom. The Labute approximate surface area is 354 Å². The molecule has 4 heteroatoms. The van der Waals surface area contributed by atoms with Gasteiger partial charge in [-0.1, -0.05) is 153 Å². The third-order valence-corrected chi connectivity index (χ3v) is 16.2. The maximum atomic E-state index is 5.76. The van der Waals surface area contributed by atoms with Gasteiger partial charge in [-0.05, 0) is 127 Å². The first-order valence-electron chi connectivity index (χ1n) is 22.6. The van der Waals surface area contributed by atoms with Gasteiger partial charge in [0.15, 0.2) is 0 Å². The molecule has 1 aliphatic carbocycles. The Bertz CT molecular complexity index is 3280. The van der Waals surface area contributed by atoms with Crippen LogP contribution in [0.4, 0.5) is 17.1 Å². The molecule has 5 aliphatic rings. The summed E-state index contributed by atoms with van der Waals surface area (Å²) in [6, 6.07) is 38.8. The molecule has 8 aromatic rings. The predicted octanol–water partition coefficient (Wildman–Crippen LogP) is 12.0. The average Bonchev–Trinajstić information content (AvgIpc) is 3.77. The number of imidazole rings is 1. The first-order chi connectivity index (χ1) is 28.8. The van der Waals surface area contributed by atoms with Crippen molar-refractivity contribution in [3.05, 3.63) is 153 Å². The summed E-state index contributed by atoms with van der Waals surface area (Å²) in [4.78, 5) is 8.58. The molecule has 0 amide bonds. The number of aryl methyl sites for hydroxylation is 2. The van der Waals surface area contributed by atoms with E-state index in [1.807, 2.05) is 0 Å². The van der Waals surface area contributed by atoms with Crippen molar-refractivity contribution in [2.45, 2.75) is 110 Å². The number of nitrogens with zero attached hydrogens (tertiary/aromatic N) is 3. The van der Waals surface area contributed by atoms with Gasteiger partial charge in [0, 0.05) is 22.2 Å². The zero-order chi connectivity index (χ0) is 41.2. The number of hydrogen-bond acceptors (Lipinski definition) is 2. The standard InChI is InChI=1S/C56H52BN3/c1-11-27-55(12-2)37-23-17-25-39-48(37)59-49-38(55)24-18-26-43(49)57-44-40(53(5,6)7)29-41(54(8,9)10)46-51(44)60-47-34(30(3)31(4)52(60)58-46)28-42(50(59)45(47)57)56(39)35-21-15-13-19-32(35)33-20-14-16-22-36(33)56/h13-26,28-29H,11-12,27H2,1-10H3. The van der Waals surface area contributed by atoms with Crippen LogP contribution in [0, 0.1) is 13.8 Å². The second kappa shape index (κ2) is 10.8. The number of rotatable bonds is 3. The third kappa shape index (κ3) is 3.62. The first-order valence-corrected chi connectivity index (χ1v) is 22.6. The highest BCUT2D eigenvalue weighted by Crippen LogP contribution is 2.68. The molecule has 13 rings (SSSR count). The van der Waals surface area contributed by atoms with Gasteiger partial charge < -0.3 is 4.90 Å². The van der Waals surface area contributed by atoms with Crippen LogP contribution in [-0.2, 0) is 21.7 Å². The number of benzene rings is 6. The lowest BCUT2D eigenvalue weighted by Gasteiger charge is -2.56. The van der Waals surface area contributed by atoms with Gasteiger partial charge in [0.2, 0.25) is 0 Å². The summed E-state index contributed by atoms with van der Waals surface area (Å²) in [6.07, 6.45) is 3.27. The van der Waals surface area contributed by atoms with E-state index in [0.717, 1.165) is 24.9 Å². The Balaban J connectivity index is 1.35. The molecule has 60 heavy (non-hydrogen) atoms. The molecule has 0 bridgehead atoms. The zero-order valence-corrected chi connectivity index (χ0v) is 36.8. The van der Waals surface area contributed by atoms with Gasteiger partial charge in [-0.25, -0.2) is 4.98 Å². The highest BCUT2D eigenvalue weighted by Gasteiger charge is 2.59. The highest BCUT2D eigenvalue weighted by molar-refractivity contribution is 7.01. The molecule has 0 N–H and O–H groups in total. The Kier molecular flexibility index (Phi) is 6.34. The number of fused-ring (bicyclic) bond motifs is 9. The molecule has 6 aromatic carbocycles. The molecule has 3 nitrogen and oxygen atoms in total. The molecule has 1 spiro atoms. The van der Waals surface area contributed by atoms with E-state index in [1.54, 1.807) is 0 Å². The van der Waals surface area contributed by atoms with E-state index < -0.39 is 5.41 Å². The van der Waals surface area contributed by atoms with E-state index >= 15 is 0 Å². The van der Waals surface area contributed by atoms with Crippen LogP contribution >= 0.6 is 0 Å². The van der Waals surface area contributed by atoms with Crippen LogP contribution in [0.1, 0.15) is 130 Å². The summed E-state index contributed by atoms with van der Waals surface area (Å²) in [6.45, 7) is 24.0. The number of anilines is 3. The fourth-order valence-corrected chi connectivity index (χ4v) is 13.7. The molecule has 4 aliphatic heterocycles. The largest absolute Gasteiger partial charge is 0.310 e. The molecule has 2 aromatic heterocycles. The molecule has 1 atom stereocenters. The van der Waals surface area contributed by atoms with Crippen LogP contribution in [-0.4, -0.2) is 16.1 Å². The fraction of sp³-hybridized carbons (Fsp3) is 0.304. The summed E-state index contributed by atoms with van der Waals surface area (Å²) in [7, 11) is 0. The molecule has 6 heterocycles. The van der Waals surface area contributed by atoms with E-state index in [1.165, 1.54) is 122 Å². The fourth-order valence-electron chi connectivity index (χ4n) is 13.7. The van der Waals surface area contributed by atoms with Gasteiger partial charge in [0.25, 0.3) is 6.71 Å². The molecule has 0 saturated carbocycles. The number of hydrogen-bond donors (Lipinski definition) is 0. The van der Waals surface area contributed by atoms with Crippen LogP contribution in [0.5, 0.6) is 0 Å². The third-order valence-electron chi connectivity index (χ3n) is 16.2. The SMILES string of the molecule is CCCC1(CC)c2cccc3c2N2c4c1cccc4C1(c4ccccc4-c4ccccc41)c1cc4c(C)c(C)c5nc6c(C(C)(C)C)cc(C(C)(C)C)c7c6n5c4c(c12)B37. The van der Waals surface area contributed by atoms with E-state index in [0.29, 0.717) is 0 Å². The van der Waals surface area contributed by atoms with Crippen molar-refractivity contribution >= 4 is 67.7 Å². The van der Waals surface area contributed by atoms with Crippen molar-refractivity contribution in [3.63, 3.8) is 0 Å². The van der Waals surface area contributed by atoms with Crippen molar-refractivity contribution in [1.82, 2.24) is 9.38 Å². The van der Waals surface area contributed by atoms with Gasteiger partial charge in [-0.2, -0.15) is 0 Å². The Morgan fingerprint density at radius 2 is 1.22 bits per heavy atom. The van der Waals surface area contributed by atoms with Crippen LogP contribution in [0.25, 0.3) is 38.7 Å². The van der Waals surface area contributed by atoms with Crippen LogP contribution in [0.2, 0.25) is 0 Å². The van der Waals surface area contributed by atoms with Crippen LogP contribution in [0.15, 0.2) is 97.1 Å². The van der Waals surface area contributed by atoms with Crippen molar-refractivity contribution in [2.24, 2.45) is 0 Å². The lowest BCUT2D eigenvalue weighted by molar-refractivity contribution is 0.445. The smallest absolute Gasteiger partial charge is 0.252 e. The normalized spacial score (nSPS) is 18.2. The number of aromatic nitrogens is 2.